The molecule has 0 saturated carbocycles. The van der Waals surface area contributed by atoms with Gasteiger partial charge in [-0.05, 0) is 65.4 Å². The highest BCUT2D eigenvalue weighted by atomic mass is 127. The van der Waals surface area contributed by atoms with Crippen LogP contribution >= 0.6 is 22.6 Å². The van der Waals surface area contributed by atoms with Gasteiger partial charge in [-0.1, -0.05) is 6.92 Å². The number of carbonyl (C=O) groups excluding carboxylic acids is 1. The first kappa shape index (κ1) is 18.3. The van der Waals surface area contributed by atoms with Crippen LogP contribution in [0.4, 0.5) is 0 Å². The fourth-order valence-electron chi connectivity index (χ4n) is 2.15. The third-order valence-electron chi connectivity index (χ3n) is 3.45. The van der Waals surface area contributed by atoms with Gasteiger partial charge in [-0.2, -0.15) is 5.10 Å². The molecule has 0 unspecified atom stereocenters. The van der Waals surface area contributed by atoms with Gasteiger partial charge in [0.15, 0.2) is 0 Å². The van der Waals surface area contributed by atoms with E-state index in [-0.39, 0.29) is 5.91 Å². The smallest absolute Gasteiger partial charge is 0.271 e. The molecule has 0 aromatic heterocycles. The summed E-state index contributed by atoms with van der Waals surface area (Å²) in [6.45, 7) is 1.97. The maximum atomic E-state index is 12.2. The molecule has 24 heavy (non-hydrogen) atoms. The largest absolute Gasteiger partial charge is 0.497 e. The highest BCUT2D eigenvalue weighted by Gasteiger charge is 2.11. The lowest BCUT2D eigenvalue weighted by Gasteiger charge is -2.12. The Labute approximate surface area is 155 Å². The summed E-state index contributed by atoms with van der Waals surface area (Å²) in [5, 5.41) is 4.27. The van der Waals surface area contributed by atoms with Gasteiger partial charge in [0.1, 0.15) is 11.5 Å². The van der Waals surface area contributed by atoms with Crippen LogP contribution in [-0.2, 0) is 0 Å². The first-order valence-electron chi connectivity index (χ1n) is 7.44. The van der Waals surface area contributed by atoms with Gasteiger partial charge in [-0.25, -0.2) is 5.43 Å². The Hall–Kier alpha value is -2.09. The molecule has 2 aromatic carbocycles. The number of rotatable bonds is 6. The number of halogens is 1. The zero-order valence-corrected chi connectivity index (χ0v) is 16.0. The molecule has 1 N–H and O–H groups in total. The lowest BCUT2D eigenvalue weighted by molar-refractivity contribution is 0.0954. The number of hydrogen-bond acceptors (Lipinski definition) is 4. The van der Waals surface area contributed by atoms with Gasteiger partial charge in [0.05, 0.1) is 19.9 Å². The summed E-state index contributed by atoms with van der Waals surface area (Å²) in [4.78, 5) is 12.2. The number of benzene rings is 2. The van der Waals surface area contributed by atoms with Crippen LogP contribution in [0.15, 0.2) is 47.6 Å². The molecule has 0 aliphatic rings. The molecule has 2 rings (SSSR count). The number of ether oxygens (including phenoxy) is 2. The van der Waals surface area contributed by atoms with Crippen LogP contribution in [0.3, 0.4) is 0 Å². The Bertz CT molecular complexity index is 742. The van der Waals surface area contributed by atoms with E-state index < -0.39 is 0 Å². The lowest BCUT2D eigenvalue weighted by Crippen LogP contribution is -2.20. The van der Waals surface area contributed by atoms with E-state index in [2.05, 4.69) is 33.1 Å². The van der Waals surface area contributed by atoms with Crippen molar-refractivity contribution in [1.82, 2.24) is 5.43 Å². The Kier molecular flexibility index (Phi) is 6.60. The van der Waals surface area contributed by atoms with Crippen LogP contribution in [0, 0.1) is 3.57 Å². The van der Waals surface area contributed by atoms with E-state index in [0.717, 1.165) is 14.8 Å². The molecule has 0 fully saturated rings. The Morgan fingerprint density at radius 3 is 2.42 bits per heavy atom. The van der Waals surface area contributed by atoms with Gasteiger partial charge in [0, 0.05) is 20.8 Å². The molecule has 0 radical (unpaired) electrons. The van der Waals surface area contributed by atoms with Gasteiger partial charge in [-0.3, -0.25) is 4.79 Å². The van der Waals surface area contributed by atoms with Crippen molar-refractivity contribution in [2.45, 2.75) is 13.3 Å². The van der Waals surface area contributed by atoms with Gasteiger partial charge >= 0.3 is 0 Å². The van der Waals surface area contributed by atoms with Crippen molar-refractivity contribution in [2.75, 3.05) is 14.2 Å². The van der Waals surface area contributed by atoms with Crippen molar-refractivity contribution < 1.29 is 14.3 Å². The number of methoxy groups -OCH3 is 2. The van der Waals surface area contributed by atoms with Gasteiger partial charge in [0.2, 0.25) is 0 Å². The molecule has 0 bridgehead atoms. The van der Waals surface area contributed by atoms with Crippen LogP contribution in [0.5, 0.6) is 11.5 Å². The molecule has 0 aliphatic carbocycles. The predicted octanol–water partition coefficient (Wildman–Crippen LogP) is 3.85. The summed E-state index contributed by atoms with van der Waals surface area (Å²) >= 11 is 2.20. The summed E-state index contributed by atoms with van der Waals surface area (Å²) in [5.74, 6) is 1.11. The van der Waals surface area contributed by atoms with Crippen molar-refractivity contribution >= 4 is 34.2 Å². The van der Waals surface area contributed by atoms with E-state index >= 15 is 0 Å². The number of nitrogens with one attached hydrogen (secondary N) is 1. The minimum absolute atomic E-state index is 0.246. The zero-order chi connectivity index (χ0) is 17.5. The maximum Gasteiger partial charge on any atom is 0.271 e. The molecular formula is C18H19IN2O3. The topological polar surface area (TPSA) is 59.9 Å². The Balaban J connectivity index is 2.23. The third kappa shape index (κ3) is 4.47. The van der Waals surface area contributed by atoms with Crippen LogP contribution in [-0.4, -0.2) is 25.8 Å². The van der Waals surface area contributed by atoms with Gasteiger partial charge in [-0.15, -0.1) is 0 Å². The van der Waals surface area contributed by atoms with Gasteiger partial charge in [0.25, 0.3) is 5.91 Å². The summed E-state index contributed by atoms with van der Waals surface area (Å²) in [6, 6.07) is 12.8. The Morgan fingerprint density at radius 1 is 1.12 bits per heavy atom. The quantitative estimate of drug-likeness (QED) is 0.424. The molecule has 0 saturated heterocycles. The number of amides is 1. The molecule has 126 valence electrons. The summed E-state index contributed by atoms with van der Waals surface area (Å²) < 4.78 is 11.7. The third-order valence-corrected chi connectivity index (χ3v) is 4.17. The molecule has 0 atom stereocenters. The fraction of sp³-hybridized carbons (Fsp3) is 0.222. The second-order valence-electron chi connectivity index (χ2n) is 4.93. The first-order valence-corrected chi connectivity index (χ1v) is 8.51. The normalized spacial score (nSPS) is 11.1. The molecule has 0 aliphatic heterocycles. The molecule has 1 amide bonds. The van der Waals surface area contributed by atoms with Crippen LogP contribution in [0.1, 0.15) is 29.3 Å². The van der Waals surface area contributed by atoms with E-state index in [1.807, 2.05) is 31.2 Å². The SMILES string of the molecule is CC/C(=N/NC(=O)c1ccc(I)cc1)c1ccc(OC)cc1OC. The summed E-state index contributed by atoms with van der Waals surface area (Å²) in [5.41, 5.74) is 4.73. The average Bonchev–Trinajstić information content (AvgIpc) is 2.62. The zero-order valence-electron chi connectivity index (χ0n) is 13.8. The highest BCUT2D eigenvalue weighted by Crippen LogP contribution is 2.25. The molecule has 6 heteroatoms. The Morgan fingerprint density at radius 2 is 1.83 bits per heavy atom. The van der Waals surface area contributed by atoms with Crippen molar-refractivity contribution in [3.63, 3.8) is 0 Å². The van der Waals surface area contributed by atoms with Crippen molar-refractivity contribution in [1.29, 1.82) is 0 Å². The first-order chi connectivity index (χ1) is 11.6. The van der Waals surface area contributed by atoms with E-state index in [0.29, 0.717) is 23.5 Å². The lowest BCUT2D eigenvalue weighted by atomic mass is 10.1. The molecule has 0 heterocycles. The number of nitrogens with zero attached hydrogens (tertiary/aromatic N) is 1. The number of hydrogen-bond donors (Lipinski definition) is 1. The maximum absolute atomic E-state index is 12.2. The monoisotopic (exact) mass is 438 g/mol. The van der Waals surface area contributed by atoms with Crippen molar-refractivity contribution in [3.05, 3.63) is 57.2 Å². The standard InChI is InChI=1S/C18H19IN2O3/c1-4-16(15-10-9-14(23-2)11-17(15)24-3)20-21-18(22)12-5-7-13(19)8-6-12/h5-11H,4H2,1-3H3,(H,21,22)/b20-16-. The molecule has 5 nitrogen and oxygen atoms in total. The summed E-state index contributed by atoms with van der Waals surface area (Å²) in [7, 11) is 3.19. The second-order valence-corrected chi connectivity index (χ2v) is 6.17. The molecule has 2 aromatic rings. The van der Waals surface area contributed by atoms with Crippen LogP contribution in [0.25, 0.3) is 0 Å². The second kappa shape index (κ2) is 8.68. The van der Waals surface area contributed by atoms with Crippen molar-refractivity contribution in [3.8, 4) is 11.5 Å². The van der Waals surface area contributed by atoms with Gasteiger partial charge < -0.3 is 9.47 Å². The highest BCUT2D eigenvalue weighted by molar-refractivity contribution is 14.1. The average molecular weight is 438 g/mol. The number of hydrazone groups is 1. The predicted molar refractivity (Wildman–Crippen MR) is 103 cm³/mol. The molecule has 0 spiro atoms. The summed E-state index contributed by atoms with van der Waals surface area (Å²) in [6.07, 6.45) is 0.648. The minimum atomic E-state index is -0.246. The molecular weight excluding hydrogens is 419 g/mol. The van der Waals surface area contributed by atoms with Crippen LogP contribution in [0.2, 0.25) is 0 Å². The minimum Gasteiger partial charge on any atom is -0.497 e. The fourth-order valence-corrected chi connectivity index (χ4v) is 2.51. The van der Waals surface area contributed by atoms with E-state index in [1.54, 1.807) is 32.4 Å². The van der Waals surface area contributed by atoms with E-state index in [1.165, 1.54) is 0 Å². The van der Waals surface area contributed by atoms with Crippen molar-refractivity contribution in [2.24, 2.45) is 5.10 Å². The van der Waals surface area contributed by atoms with E-state index in [4.69, 9.17) is 9.47 Å². The van der Waals surface area contributed by atoms with Crippen LogP contribution < -0.4 is 14.9 Å². The van der Waals surface area contributed by atoms with E-state index in [9.17, 15) is 4.79 Å². The number of carbonyl (C=O) groups is 1.